The average Bonchev–Trinajstić information content (AvgIpc) is 3.22. The molecule has 3 rings (SSSR count). The Bertz CT molecular complexity index is 885. The third-order valence-electron chi connectivity index (χ3n) is 5.96. The topological polar surface area (TPSA) is 73.3 Å². The number of piperazine rings is 1. The van der Waals surface area contributed by atoms with Gasteiger partial charge in [0.1, 0.15) is 0 Å². The Balaban J connectivity index is 1.60. The van der Waals surface area contributed by atoms with E-state index in [4.69, 9.17) is 0 Å². The summed E-state index contributed by atoms with van der Waals surface area (Å²) >= 11 is 0. The first-order valence-electron chi connectivity index (χ1n) is 10.6. The van der Waals surface area contributed by atoms with E-state index in [1.165, 1.54) is 0 Å². The van der Waals surface area contributed by atoms with E-state index >= 15 is 0 Å². The van der Waals surface area contributed by atoms with Crippen LogP contribution in [-0.2, 0) is 16.1 Å². The SMILES string of the molecule is Cc1ccc(CN2CCN(C(=O)OC(C(F)(F)F)C(F)(F)F)CC2)c(N2CCC(C(=O)O)C2)c1. The van der Waals surface area contributed by atoms with E-state index in [2.05, 4.69) is 4.74 Å². The van der Waals surface area contributed by atoms with Crippen molar-refractivity contribution >= 4 is 17.7 Å². The van der Waals surface area contributed by atoms with Crippen LogP contribution in [0.4, 0.5) is 36.8 Å². The van der Waals surface area contributed by atoms with Crippen LogP contribution >= 0.6 is 0 Å². The predicted molar refractivity (Wildman–Crippen MR) is 108 cm³/mol. The molecule has 2 heterocycles. The van der Waals surface area contributed by atoms with E-state index < -0.39 is 36.4 Å². The molecule has 2 aliphatic heterocycles. The molecule has 1 aromatic rings. The van der Waals surface area contributed by atoms with Crippen LogP contribution < -0.4 is 4.90 Å². The van der Waals surface area contributed by atoms with Crippen LogP contribution in [0.5, 0.6) is 0 Å². The van der Waals surface area contributed by atoms with Gasteiger partial charge >= 0.3 is 24.4 Å². The van der Waals surface area contributed by atoms with Gasteiger partial charge in [-0.25, -0.2) is 4.79 Å². The van der Waals surface area contributed by atoms with Crippen molar-refractivity contribution in [1.82, 2.24) is 9.80 Å². The number of benzene rings is 1. The molecule has 1 amide bonds. The van der Waals surface area contributed by atoms with Crippen LogP contribution in [0.1, 0.15) is 17.5 Å². The number of alkyl halides is 6. The Labute approximate surface area is 191 Å². The standard InChI is InChI=1S/C21H25F6N3O4/c1-13-2-3-14(16(10-13)30-5-4-15(12-30)17(31)32)11-28-6-8-29(9-7-28)19(33)34-18(20(22,23)24)21(25,26)27/h2-3,10,15,18H,4-9,11-12H2,1H3,(H,31,32). The highest BCUT2D eigenvalue weighted by Crippen LogP contribution is 2.36. The number of carboxylic acid groups (broad SMARTS) is 1. The summed E-state index contributed by atoms with van der Waals surface area (Å²) < 4.78 is 79.7. The number of hydrogen-bond donors (Lipinski definition) is 1. The van der Waals surface area contributed by atoms with Gasteiger partial charge in [-0.15, -0.1) is 0 Å². The van der Waals surface area contributed by atoms with Gasteiger partial charge in [0.25, 0.3) is 6.10 Å². The van der Waals surface area contributed by atoms with E-state index in [1.807, 2.05) is 34.9 Å². The Kier molecular flexibility index (Phi) is 7.53. The lowest BCUT2D eigenvalue weighted by Crippen LogP contribution is -2.52. The number of carbonyl (C=O) groups excluding carboxylic acids is 1. The first-order valence-corrected chi connectivity index (χ1v) is 10.6. The minimum atomic E-state index is -5.76. The summed E-state index contributed by atoms with van der Waals surface area (Å²) in [7, 11) is 0. The zero-order valence-electron chi connectivity index (χ0n) is 18.3. The number of ether oxygens (including phenoxy) is 1. The van der Waals surface area contributed by atoms with E-state index in [9.17, 15) is 41.0 Å². The molecule has 2 saturated heterocycles. The number of rotatable bonds is 5. The lowest BCUT2D eigenvalue weighted by atomic mass is 10.1. The van der Waals surface area contributed by atoms with Crippen LogP contribution in [0, 0.1) is 12.8 Å². The smallest absolute Gasteiger partial charge is 0.434 e. The first kappa shape index (κ1) is 25.9. The normalized spacial score (nSPS) is 20.2. The summed E-state index contributed by atoms with van der Waals surface area (Å²) in [6.07, 6.45) is -16.8. The highest BCUT2D eigenvalue weighted by molar-refractivity contribution is 5.72. The fourth-order valence-electron chi connectivity index (χ4n) is 4.11. The van der Waals surface area contributed by atoms with Crippen LogP contribution in [0.3, 0.4) is 0 Å². The third kappa shape index (κ3) is 6.24. The van der Waals surface area contributed by atoms with Crippen molar-refractivity contribution in [3.05, 3.63) is 29.3 Å². The molecule has 0 aromatic heterocycles. The molecule has 1 N–H and O–H groups in total. The van der Waals surface area contributed by atoms with Crippen molar-refractivity contribution in [3.8, 4) is 0 Å². The van der Waals surface area contributed by atoms with Crippen molar-refractivity contribution in [2.75, 3.05) is 44.2 Å². The fraction of sp³-hybridized carbons (Fsp3) is 0.619. The molecule has 0 saturated carbocycles. The van der Waals surface area contributed by atoms with Crippen molar-refractivity contribution in [2.24, 2.45) is 5.92 Å². The number of hydrogen-bond acceptors (Lipinski definition) is 5. The molecule has 34 heavy (non-hydrogen) atoms. The summed E-state index contributed by atoms with van der Waals surface area (Å²) in [5, 5.41) is 9.27. The van der Waals surface area contributed by atoms with E-state index in [0.717, 1.165) is 21.7 Å². The number of nitrogens with zero attached hydrogens (tertiary/aromatic N) is 3. The second-order valence-electron chi connectivity index (χ2n) is 8.51. The minimum Gasteiger partial charge on any atom is -0.481 e. The summed E-state index contributed by atoms with van der Waals surface area (Å²) in [6, 6.07) is 5.78. The van der Waals surface area contributed by atoms with Gasteiger partial charge in [0.2, 0.25) is 0 Å². The number of anilines is 1. The Hall–Kier alpha value is -2.70. The zero-order valence-corrected chi connectivity index (χ0v) is 18.3. The van der Waals surface area contributed by atoms with Gasteiger partial charge in [0.05, 0.1) is 5.92 Å². The molecule has 0 radical (unpaired) electrons. The maximum Gasteiger partial charge on any atom is 0.434 e. The molecule has 7 nitrogen and oxygen atoms in total. The Morgan fingerprint density at radius 2 is 1.68 bits per heavy atom. The summed E-state index contributed by atoms with van der Waals surface area (Å²) in [4.78, 5) is 28.0. The molecular formula is C21H25F6N3O4. The predicted octanol–water partition coefficient (Wildman–Crippen LogP) is 3.65. The molecule has 1 unspecified atom stereocenters. The summed E-state index contributed by atoms with van der Waals surface area (Å²) in [6.45, 7) is 3.59. The number of aliphatic carboxylic acids is 1. The van der Waals surface area contributed by atoms with Crippen molar-refractivity contribution < 1.29 is 45.8 Å². The largest absolute Gasteiger partial charge is 0.481 e. The van der Waals surface area contributed by atoms with Crippen LogP contribution in [0.2, 0.25) is 0 Å². The van der Waals surface area contributed by atoms with Gasteiger partial charge in [-0.1, -0.05) is 12.1 Å². The second kappa shape index (κ2) is 9.88. The quantitative estimate of drug-likeness (QED) is 0.627. The summed E-state index contributed by atoms with van der Waals surface area (Å²) in [5.41, 5.74) is 2.81. The van der Waals surface area contributed by atoms with Gasteiger partial charge in [0, 0.05) is 51.5 Å². The van der Waals surface area contributed by atoms with Gasteiger partial charge in [-0.05, 0) is 30.5 Å². The zero-order chi connectivity index (χ0) is 25.3. The molecule has 13 heteroatoms. The Morgan fingerprint density at radius 1 is 1.06 bits per heavy atom. The highest BCUT2D eigenvalue weighted by Gasteiger charge is 2.60. The first-order chi connectivity index (χ1) is 15.8. The molecular weight excluding hydrogens is 472 g/mol. The highest BCUT2D eigenvalue weighted by atomic mass is 19.4. The number of halogens is 6. The number of aryl methyl sites for hydroxylation is 1. The van der Waals surface area contributed by atoms with Crippen LogP contribution in [-0.4, -0.2) is 84.7 Å². The molecule has 190 valence electrons. The van der Waals surface area contributed by atoms with Crippen LogP contribution in [0.25, 0.3) is 0 Å². The Morgan fingerprint density at radius 3 is 2.21 bits per heavy atom. The van der Waals surface area contributed by atoms with Crippen molar-refractivity contribution in [1.29, 1.82) is 0 Å². The maximum absolute atomic E-state index is 12.7. The van der Waals surface area contributed by atoms with Crippen molar-refractivity contribution in [3.63, 3.8) is 0 Å². The van der Waals surface area contributed by atoms with Gasteiger partial charge in [-0.2, -0.15) is 26.3 Å². The molecule has 1 aromatic carbocycles. The van der Waals surface area contributed by atoms with Gasteiger partial charge in [-0.3, -0.25) is 9.69 Å². The molecule has 1 atom stereocenters. The van der Waals surface area contributed by atoms with E-state index in [-0.39, 0.29) is 26.2 Å². The molecule has 2 aliphatic rings. The molecule has 0 aliphatic carbocycles. The van der Waals surface area contributed by atoms with Crippen molar-refractivity contribution in [2.45, 2.75) is 38.3 Å². The molecule has 0 spiro atoms. The molecule has 2 fully saturated rings. The summed E-state index contributed by atoms with van der Waals surface area (Å²) in [5.74, 6) is -1.31. The lowest BCUT2D eigenvalue weighted by molar-refractivity contribution is -0.308. The van der Waals surface area contributed by atoms with E-state index in [0.29, 0.717) is 26.1 Å². The van der Waals surface area contributed by atoms with Gasteiger partial charge in [0.15, 0.2) is 0 Å². The maximum atomic E-state index is 12.7. The minimum absolute atomic E-state index is 0.0900. The monoisotopic (exact) mass is 497 g/mol. The average molecular weight is 497 g/mol. The van der Waals surface area contributed by atoms with Gasteiger partial charge < -0.3 is 19.6 Å². The van der Waals surface area contributed by atoms with E-state index in [1.54, 1.807) is 0 Å². The van der Waals surface area contributed by atoms with Crippen LogP contribution in [0.15, 0.2) is 18.2 Å². The second-order valence-corrected chi connectivity index (χ2v) is 8.51. The molecule has 0 bridgehead atoms. The lowest BCUT2D eigenvalue weighted by Gasteiger charge is -2.36. The number of carboxylic acids is 1. The fourth-order valence-corrected chi connectivity index (χ4v) is 4.11. The number of amides is 1. The third-order valence-corrected chi connectivity index (χ3v) is 5.96. The number of carbonyl (C=O) groups is 2.